The van der Waals surface area contributed by atoms with Gasteiger partial charge in [0.1, 0.15) is 0 Å². The molecule has 2 aromatic heterocycles. The standard InChI is InChI=1S/C22H21ClN2O3.C21H18ClN3OS/c1-15(26)8-10-21(27)18-6-2-4-16(12-18)14-25-22(28)11-9-20(24-25)17-5-3-7-19(23)13-17;1-14-12-23-21(27-14)17-6-2-4-15(10-17)13-25-20(26)9-8-19(24-25)16-5-3-7-18(22)11-16/h2-7,9,11-13,15,26H,8,10,14H2,1H3;2-11,14H,12-13H2,1H3. The normalized spacial score (nSPS) is 14.1. The minimum atomic E-state index is -0.510. The fourth-order valence-electron chi connectivity index (χ4n) is 5.84. The summed E-state index contributed by atoms with van der Waals surface area (Å²) in [6.07, 6.45) is 0.194. The van der Waals surface area contributed by atoms with E-state index in [9.17, 15) is 19.5 Å². The Kier molecular flexibility index (Phi) is 13.3. The van der Waals surface area contributed by atoms with Gasteiger partial charge in [-0.2, -0.15) is 10.2 Å². The van der Waals surface area contributed by atoms with E-state index >= 15 is 0 Å². The number of carbonyl (C=O) groups is 1. The monoisotopic (exact) mass is 791 g/mol. The molecule has 0 saturated carbocycles. The van der Waals surface area contributed by atoms with Crippen LogP contribution in [0.1, 0.15) is 53.7 Å². The number of aromatic nitrogens is 4. The van der Waals surface area contributed by atoms with Crippen molar-refractivity contribution in [2.75, 3.05) is 6.54 Å². The summed E-state index contributed by atoms with van der Waals surface area (Å²) in [5.41, 5.74) is 6.21. The molecule has 1 aliphatic heterocycles. The van der Waals surface area contributed by atoms with E-state index in [1.807, 2.05) is 54.6 Å². The number of thioether (sulfide) groups is 1. The maximum absolute atomic E-state index is 12.3. The molecule has 2 unspecified atom stereocenters. The number of aliphatic imine (C=N–C) groups is 1. The molecule has 7 rings (SSSR count). The van der Waals surface area contributed by atoms with Crippen molar-refractivity contribution in [1.82, 2.24) is 19.6 Å². The van der Waals surface area contributed by atoms with Crippen molar-refractivity contribution in [1.29, 1.82) is 0 Å². The molecule has 9 nitrogen and oxygen atoms in total. The molecule has 0 bridgehead atoms. The molecule has 4 aromatic carbocycles. The minimum absolute atomic E-state index is 0.0317. The third-order valence-corrected chi connectivity index (χ3v) is 10.3. The molecule has 1 N–H and O–H groups in total. The van der Waals surface area contributed by atoms with Gasteiger partial charge in [-0.15, -0.1) is 11.8 Å². The van der Waals surface area contributed by atoms with Crippen LogP contribution in [0.25, 0.3) is 22.5 Å². The van der Waals surface area contributed by atoms with Crippen LogP contribution in [0.3, 0.4) is 0 Å². The Morgan fingerprint density at radius 3 is 1.80 bits per heavy atom. The van der Waals surface area contributed by atoms with E-state index < -0.39 is 6.10 Å². The largest absolute Gasteiger partial charge is 0.393 e. The molecule has 3 heterocycles. The smallest absolute Gasteiger partial charge is 0.267 e. The Hall–Kier alpha value is -5.13. The highest BCUT2D eigenvalue weighted by Crippen LogP contribution is 2.26. The van der Waals surface area contributed by atoms with Gasteiger partial charge in [0.05, 0.1) is 42.2 Å². The predicted molar refractivity (Wildman–Crippen MR) is 223 cm³/mol. The Bertz CT molecular complexity index is 2460. The summed E-state index contributed by atoms with van der Waals surface area (Å²) < 4.78 is 2.86. The molecule has 280 valence electrons. The van der Waals surface area contributed by atoms with Crippen molar-refractivity contribution < 1.29 is 9.90 Å². The minimum Gasteiger partial charge on any atom is -0.393 e. The molecule has 0 radical (unpaired) electrons. The number of rotatable bonds is 11. The average Bonchev–Trinajstić information content (AvgIpc) is 3.62. The molecule has 0 spiro atoms. The van der Waals surface area contributed by atoms with Crippen molar-refractivity contribution >= 4 is 45.8 Å². The topological polar surface area (TPSA) is 119 Å². The van der Waals surface area contributed by atoms with Gasteiger partial charge in [0.25, 0.3) is 11.1 Å². The molecular formula is C43H39Cl2N5O4S. The maximum Gasteiger partial charge on any atom is 0.267 e. The van der Waals surface area contributed by atoms with Gasteiger partial charge in [-0.3, -0.25) is 19.4 Å². The van der Waals surface area contributed by atoms with Crippen LogP contribution < -0.4 is 11.1 Å². The summed E-state index contributed by atoms with van der Waals surface area (Å²) in [6, 6.07) is 36.5. The number of aliphatic hydroxyl groups is 1. The average molecular weight is 793 g/mol. The van der Waals surface area contributed by atoms with Gasteiger partial charge in [0.2, 0.25) is 0 Å². The number of benzene rings is 4. The lowest BCUT2D eigenvalue weighted by molar-refractivity contribution is 0.0949. The molecule has 12 heteroatoms. The summed E-state index contributed by atoms with van der Waals surface area (Å²) in [5.74, 6) is -0.0317. The number of Topliss-reactive ketones (excluding diaryl/α,β-unsaturated/α-hetero) is 1. The zero-order valence-corrected chi connectivity index (χ0v) is 32.6. The quantitative estimate of drug-likeness (QED) is 0.131. The number of aliphatic hydroxyl groups excluding tert-OH is 1. The van der Waals surface area contributed by atoms with Gasteiger partial charge in [-0.05, 0) is 73.0 Å². The van der Waals surface area contributed by atoms with Crippen molar-refractivity contribution in [3.05, 3.63) is 174 Å². The van der Waals surface area contributed by atoms with Crippen molar-refractivity contribution in [3.63, 3.8) is 0 Å². The molecule has 0 saturated heterocycles. The van der Waals surface area contributed by atoms with Gasteiger partial charge < -0.3 is 5.11 Å². The van der Waals surface area contributed by atoms with Crippen LogP contribution in [0.2, 0.25) is 10.0 Å². The summed E-state index contributed by atoms with van der Waals surface area (Å²) in [4.78, 5) is 41.4. The molecule has 55 heavy (non-hydrogen) atoms. The van der Waals surface area contributed by atoms with E-state index in [1.165, 1.54) is 15.4 Å². The van der Waals surface area contributed by atoms with Crippen LogP contribution in [0.4, 0.5) is 0 Å². The van der Waals surface area contributed by atoms with Crippen LogP contribution in [0, 0.1) is 0 Å². The lowest BCUT2D eigenvalue weighted by atomic mass is 10.0. The first-order chi connectivity index (χ1) is 26.5. The van der Waals surface area contributed by atoms with E-state index in [4.69, 9.17) is 23.2 Å². The highest BCUT2D eigenvalue weighted by atomic mass is 35.5. The lowest BCUT2D eigenvalue weighted by Crippen LogP contribution is -2.23. The van der Waals surface area contributed by atoms with E-state index in [1.54, 1.807) is 67.2 Å². The Morgan fingerprint density at radius 2 is 1.27 bits per heavy atom. The third-order valence-electron chi connectivity index (χ3n) is 8.66. The maximum atomic E-state index is 12.3. The first-order valence-electron chi connectivity index (χ1n) is 17.8. The molecular weight excluding hydrogens is 753 g/mol. The summed E-state index contributed by atoms with van der Waals surface area (Å²) >= 11 is 13.9. The zero-order chi connectivity index (χ0) is 38.9. The van der Waals surface area contributed by atoms with E-state index in [-0.39, 0.29) is 29.9 Å². The second-order valence-electron chi connectivity index (χ2n) is 13.2. The van der Waals surface area contributed by atoms with Crippen LogP contribution >= 0.6 is 35.0 Å². The van der Waals surface area contributed by atoms with Crippen molar-refractivity contribution in [2.45, 2.75) is 51.1 Å². The SMILES string of the molecule is CC(O)CCC(=O)c1cccc(Cn2nc(-c3cccc(Cl)c3)ccc2=O)c1.CC1CN=C(c2cccc(Cn3nc(-c4cccc(Cl)c4)ccc3=O)c2)S1. The fourth-order valence-corrected chi connectivity index (χ4v) is 7.16. The first-order valence-corrected chi connectivity index (χ1v) is 19.4. The molecule has 0 amide bonds. The van der Waals surface area contributed by atoms with Gasteiger partial charge in [0.15, 0.2) is 5.78 Å². The fraction of sp³-hybridized carbons (Fsp3) is 0.209. The second kappa shape index (κ2) is 18.5. The van der Waals surface area contributed by atoms with Gasteiger partial charge in [-0.25, -0.2) is 9.36 Å². The van der Waals surface area contributed by atoms with Crippen LogP contribution in [0.5, 0.6) is 0 Å². The zero-order valence-electron chi connectivity index (χ0n) is 30.3. The number of ketones is 1. The number of nitrogens with zero attached hydrogens (tertiary/aromatic N) is 5. The predicted octanol–water partition coefficient (Wildman–Crippen LogP) is 8.45. The number of carbonyl (C=O) groups excluding carboxylic acids is 1. The second-order valence-corrected chi connectivity index (χ2v) is 15.5. The highest BCUT2D eigenvalue weighted by molar-refractivity contribution is 8.15. The Morgan fingerprint density at radius 1 is 0.745 bits per heavy atom. The van der Waals surface area contributed by atoms with E-state index in [0.29, 0.717) is 39.5 Å². The van der Waals surface area contributed by atoms with Crippen molar-refractivity contribution in [2.24, 2.45) is 4.99 Å². The van der Waals surface area contributed by atoms with E-state index in [0.717, 1.165) is 45.1 Å². The first kappa shape index (κ1) is 39.6. The number of halogens is 2. The van der Waals surface area contributed by atoms with Crippen LogP contribution in [-0.2, 0) is 13.1 Å². The van der Waals surface area contributed by atoms with Gasteiger partial charge in [0, 0.05) is 56.1 Å². The summed E-state index contributed by atoms with van der Waals surface area (Å²) in [7, 11) is 0. The van der Waals surface area contributed by atoms with Gasteiger partial charge >= 0.3 is 0 Å². The Balaban J connectivity index is 0.000000187. The number of hydrogen-bond donors (Lipinski definition) is 1. The van der Waals surface area contributed by atoms with Crippen LogP contribution in [-0.4, -0.2) is 53.4 Å². The molecule has 6 aromatic rings. The summed E-state index contributed by atoms with van der Waals surface area (Å²) in [6.45, 7) is 5.36. The molecule has 0 aliphatic carbocycles. The molecule has 1 aliphatic rings. The molecule has 0 fully saturated rings. The lowest BCUT2D eigenvalue weighted by Gasteiger charge is -2.09. The highest BCUT2D eigenvalue weighted by Gasteiger charge is 2.17. The third kappa shape index (κ3) is 11.0. The molecule has 2 atom stereocenters. The van der Waals surface area contributed by atoms with Crippen molar-refractivity contribution in [3.8, 4) is 22.5 Å². The number of hydrogen-bond acceptors (Lipinski definition) is 8. The van der Waals surface area contributed by atoms with Crippen LogP contribution in [0.15, 0.2) is 136 Å². The summed E-state index contributed by atoms with van der Waals surface area (Å²) in [5, 5.41) is 21.2. The van der Waals surface area contributed by atoms with Gasteiger partial charge in [-0.1, -0.05) is 90.8 Å². The Labute approximate surface area is 333 Å². The van der Waals surface area contributed by atoms with E-state index in [2.05, 4.69) is 34.2 Å².